The van der Waals surface area contributed by atoms with Gasteiger partial charge in [-0.15, -0.1) is 0 Å². The maximum absolute atomic E-state index is 13.7. The molecule has 0 aliphatic carbocycles. The van der Waals surface area contributed by atoms with Crippen LogP contribution in [0.3, 0.4) is 0 Å². The van der Waals surface area contributed by atoms with Crippen molar-refractivity contribution in [3.63, 3.8) is 0 Å². The zero-order valence-corrected chi connectivity index (χ0v) is 17.7. The van der Waals surface area contributed by atoms with E-state index in [0.29, 0.717) is 58.2 Å². The Morgan fingerprint density at radius 3 is 2.69 bits per heavy atom. The van der Waals surface area contributed by atoms with Crippen molar-refractivity contribution in [1.29, 1.82) is 0 Å². The highest BCUT2D eigenvalue weighted by atomic mass is 19.1. The van der Waals surface area contributed by atoms with E-state index >= 15 is 0 Å². The molecule has 1 fully saturated rings. The van der Waals surface area contributed by atoms with Crippen LogP contribution in [0.1, 0.15) is 37.7 Å². The van der Waals surface area contributed by atoms with Crippen molar-refractivity contribution in [3.05, 3.63) is 53.6 Å². The first-order valence-electron chi connectivity index (χ1n) is 10.9. The van der Waals surface area contributed by atoms with Gasteiger partial charge in [-0.1, -0.05) is 0 Å². The molecule has 2 heterocycles. The van der Waals surface area contributed by atoms with Crippen LogP contribution in [0.4, 0.5) is 14.5 Å². The summed E-state index contributed by atoms with van der Waals surface area (Å²) in [4.78, 5) is 25.7. The highest BCUT2D eigenvalue weighted by molar-refractivity contribution is 5.94. The van der Waals surface area contributed by atoms with E-state index in [2.05, 4.69) is 5.32 Å². The number of hydrogen-bond donors (Lipinski definition) is 1. The molecule has 0 radical (unpaired) electrons. The first-order chi connectivity index (χ1) is 15.5. The van der Waals surface area contributed by atoms with Crippen LogP contribution in [-0.4, -0.2) is 42.5 Å². The van der Waals surface area contributed by atoms with Gasteiger partial charge in [0.1, 0.15) is 17.7 Å². The number of amides is 2. The Bertz CT molecular complexity index is 990. The number of likely N-dealkylation sites (tertiary alicyclic amines) is 1. The molecule has 2 aromatic rings. The van der Waals surface area contributed by atoms with E-state index in [-0.39, 0.29) is 23.7 Å². The van der Waals surface area contributed by atoms with Crippen molar-refractivity contribution in [2.75, 3.05) is 25.0 Å². The molecule has 4 rings (SSSR count). The maximum atomic E-state index is 13.7. The summed E-state index contributed by atoms with van der Waals surface area (Å²) in [5.74, 6) is -0.487. The zero-order chi connectivity index (χ0) is 22.5. The van der Waals surface area contributed by atoms with Gasteiger partial charge < -0.3 is 19.7 Å². The molecule has 0 unspecified atom stereocenters. The lowest BCUT2D eigenvalue weighted by Crippen LogP contribution is -2.41. The molecular weight excluding hydrogens is 418 g/mol. The summed E-state index contributed by atoms with van der Waals surface area (Å²) in [5, 5.41) is 2.84. The Hall–Kier alpha value is -3.16. The van der Waals surface area contributed by atoms with E-state index in [4.69, 9.17) is 9.47 Å². The van der Waals surface area contributed by atoms with E-state index in [1.807, 2.05) is 18.2 Å². The maximum Gasteiger partial charge on any atom is 0.224 e. The lowest BCUT2D eigenvalue weighted by molar-refractivity contribution is -0.133. The fraction of sp³-hybridized carbons (Fsp3) is 0.417. The van der Waals surface area contributed by atoms with Crippen molar-refractivity contribution >= 4 is 17.5 Å². The molecule has 2 aromatic carbocycles. The van der Waals surface area contributed by atoms with Gasteiger partial charge in [-0.05, 0) is 48.7 Å². The standard InChI is InChI=1S/C24H26F2N2O4/c25-17-4-7-22(20(26)15-17)32-18-9-11-28(12-10-18)24(30)2-1-13-31-19-5-6-21-16(14-19)3-8-23(29)27-21/h4-7,14-15,18H,1-3,8-13H2,(H,27,29). The van der Waals surface area contributed by atoms with E-state index in [1.165, 1.54) is 12.1 Å². The molecule has 2 amide bonds. The first kappa shape index (κ1) is 22.0. The molecule has 0 aromatic heterocycles. The molecule has 6 nitrogen and oxygen atoms in total. The van der Waals surface area contributed by atoms with Gasteiger partial charge in [0, 0.05) is 50.5 Å². The number of nitrogens with one attached hydrogen (secondary N) is 1. The number of benzene rings is 2. The fourth-order valence-corrected chi connectivity index (χ4v) is 3.99. The topological polar surface area (TPSA) is 67.9 Å². The molecule has 2 aliphatic heterocycles. The van der Waals surface area contributed by atoms with Crippen molar-refractivity contribution in [2.45, 2.75) is 44.6 Å². The highest BCUT2D eigenvalue weighted by Gasteiger charge is 2.24. The smallest absolute Gasteiger partial charge is 0.224 e. The third-order valence-electron chi connectivity index (χ3n) is 5.76. The van der Waals surface area contributed by atoms with Crippen LogP contribution in [-0.2, 0) is 16.0 Å². The number of nitrogens with zero attached hydrogens (tertiary/aromatic N) is 1. The number of anilines is 1. The lowest BCUT2D eigenvalue weighted by atomic mass is 10.0. The molecule has 0 atom stereocenters. The second kappa shape index (κ2) is 9.97. The number of hydrogen-bond acceptors (Lipinski definition) is 4. The molecule has 1 N–H and O–H groups in total. The van der Waals surface area contributed by atoms with Crippen molar-refractivity contribution in [1.82, 2.24) is 4.90 Å². The van der Waals surface area contributed by atoms with Gasteiger partial charge in [-0.3, -0.25) is 9.59 Å². The minimum absolute atomic E-state index is 0.0305. The first-order valence-corrected chi connectivity index (χ1v) is 10.9. The van der Waals surface area contributed by atoms with E-state index in [1.54, 1.807) is 4.90 Å². The lowest BCUT2D eigenvalue weighted by Gasteiger charge is -2.32. The Labute approximate surface area is 185 Å². The average Bonchev–Trinajstić information content (AvgIpc) is 2.79. The molecule has 1 saturated heterocycles. The van der Waals surface area contributed by atoms with Crippen LogP contribution in [0.15, 0.2) is 36.4 Å². The molecule has 170 valence electrons. The SMILES string of the molecule is O=C1CCc2cc(OCCCC(=O)N3CCC(Oc4ccc(F)cc4F)CC3)ccc2N1. The summed E-state index contributed by atoms with van der Waals surface area (Å²) in [6, 6.07) is 8.86. The van der Waals surface area contributed by atoms with Crippen molar-refractivity contribution < 1.29 is 27.8 Å². The van der Waals surface area contributed by atoms with Crippen LogP contribution in [0.25, 0.3) is 0 Å². The van der Waals surface area contributed by atoms with Gasteiger partial charge in [0.25, 0.3) is 0 Å². The second-order valence-corrected chi connectivity index (χ2v) is 8.09. The predicted molar refractivity (Wildman–Crippen MR) is 115 cm³/mol. The summed E-state index contributed by atoms with van der Waals surface area (Å²) in [6.07, 6.45) is 3.17. The minimum atomic E-state index is -0.716. The molecular formula is C24H26F2N2O4. The van der Waals surface area contributed by atoms with Crippen LogP contribution in [0.2, 0.25) is 0 Å². The Morgan fingerprint density at radius 2 is 1.91 bits per heavy atom. The van der Waals surface area contributed by atoms with Gasteiger partial charge in [0.15, 0.2) is 11.6 Å². The van der Waals surface area contributed by atoms with E-state index in [9.17, 15) is 18.4 Å². The summed E-state index contributed by atoms with van der Waals surface area (Å²) in [7, 11) is 0. The number of ether oxygens (including phenoxy) is 2. The van der Waals surface area contributed by atoms with Crippen molar-refractivity contribution in [3.8, 4) is 11.5 Å². The molecule has 0 spiro atoms. The largest absolute Gasteiger partial charge is 0.494 e. The number of aryl methyl sites for hydroxylation is 1. The van der Waals surface area contributed by atoms with Gasteiger partial charge in [0.2, 0.25) is 11.8 Å². The summed E-state index contributed by atoms with van der Waals surface area (Å²) in [5.41, 5.74) is 1.89. The normalized spacial score (nSPS) is 16.3. The predicted octanol–water partition coefficient (Wildman–Crippen LogP) is 4.08. The van der Waals surface area contributed by atoms with Gasteiger partial charge in [-0.2, -0.15) is 0 Å². The van der Waals surface area contributed by atoms with Gasteiger partial charge >= 0.3 is 0 Å². The Morgan fingerprint density at radius 1 is 1.09 bits per heavy atom. The van der Waals surface area contributed by atoms with Gasteiger partial charge in [0.05, 0.1) is 6.61 Å². The summed E-state index contributed by atoms with van der Waals surface area (Å²) < 4.78 is 38.2. The molecule has 0 bridgehead atoms. The average molecular weight is 444 g/mol. The van der Waals surface area contributed by atoms with Crippen LogP contribution < -0.4 is 14.8 Å². The molecule has 2 aliphatic rings. The summed E-state index contributed by atoms with van der Waals surface area (Å²) >= 11 is 0. The minimum Gasteiger partial charge on any atom is -0.494 e. The van der Waals surface area contributed by atoms with Crippen LogP contribution >= 0.6 is 0 Å². The molecule has 8 heteroatoms. The van der Waals surface area contributed by atoms with Crippen LogP contribution in [0, 0.1) is 11.6 Å². The summed E-state index contributed by atoms with van der Waals surface area (Å²) in [6.45, 7) is 1.52. The number of carbonyl (C=O) groups is 2. The number of fused-ring (bicyclic) bond motifs is 1. The molecule has 32 heavy (non-hydrogen) atoms. The quantitative estimate of drug-likeness (QED) is 0.654. The van der Waals surface area contributed by atoms with E-state index in [0.717, 1.165) is 23.1 Å². The fourth-order valence-electron chi connectivity index (χ4n) is 3.99. The number of rotatable bonds is 7. The van der Waals surface area contributed by atoms with E-state index < -0.39 is 11.6 Å². The van der Waals surface area contributed by atoms with Crippen molar-refractivity contribution in [2.24, 2.45) is 0 Å². The third-order valence-corrected chi connectivity index (χ3v) is 5.76. The third kappa shape index (κ3) is 5.55. The highest BCUT2D eigenvalue weighted by Crippen LogP contribution is 2.27. The monoisotopic (exact) mass is 444 g/mol. The Kier molecular flexibility index (Phi) is 6.87. The number of piperidine rings is 1. The van der Waals surface area contributed by atoms with Gasteiger partial charge in [-0.25, -0.2) is 8.78 Å². The molecule has 0 saturated carbocycles. The Balaban J connectivity index is 1.16. The zero-order valence-electron chi connectivity index (χ0n) is 17.7. The number of carbonyl (C=O) groups excluding carboxylic acids is 2. The second-order valence-electron chi connectivity index (χ2n) is 8.09. The van der Waals surface area contributed by atoms with Crippen LogP contribution in [0.5, 0.6) is 11.5 Å². The number of halogens is 2.